The van der Waals surface area contributed by atoms with Crippen molar-refractivity contribution in [3.63, 3.8) is 0 Å². The lowest BCUT2D eigenvalue weighted by atomic mass is 10.2. The Hall–Kier alpha value is -2.56. The predicted molar refractivity (Wildman–Crippen MR) is 79.7 cm³/mol. The fourth-order valence-electron chi connectivity index (χ4n) is 1.81. The second-order valence-electron chi connectivity index (χ2n) is 4.51. The topological polar surface area (TPSA) is 61.6 Å². The number of nitro groups is 1. The number of ether oxygens (including phenoxy) is 2. The fraction of sp³-hybridized carbons (Fsp3) is 0.250. The van der Waals surface area contributed by atoms with Crippen molar-refractivity contribution in [1.82, 2.24) is 0 Å². The molecule has 21 heavy (non-hydrogen) atoms. The van der Waals surface area contributed by atoms with E-state index < -0.39 is 4.92 Å². The van der Waals surface area contributed by atoms with Gasteiger partial charge in [-0.15, -0.1) is 0 Å². The van der Waals surface area contributed by atoms with Gasteiger partial charge in [-0.1, -0.05) is 37.3 Å². The van der Waals surface area contributed by atoms with Crippen LogP contribution >= 0.6 is 0 Å². The summed E-state index contributed by atoms with van der Waals surface area (Å²) in [4.78, 5) is 10.6. The lowest BCUT2D eigenvalue weighted by Crippen LogP contribution is -2.01. The minimum atomic E-state index is -0.454. The van der Waals surface area contributed by atoms with Gasteiger partial charge in [-0.2, -0.15) is 0 Å². The van der Waals surface area contributed by atoms with Gasteiger partial charge in [0, 0.05) is 12.1 Å². The first-order chi connectivity index (χ1) is 10.2. The summed E-state index contributed by atoms with van der Waals surface area (Å²) >= 11 is 0. The van der Waals surface area contributed by atoms with Crippen LogP contribution in [0.2, 0.25) is 0 Å². The lowest BCUT2D eigenvalue weighted by Gasteiger charge is -2.09. The minimum Gasteiger partial charge on any atom is -0.493 e. The summed E-state index contributed by atoms with van der Waals surface area (Å²) in [6.07, 6.45) is 0.872. The summed E-state index contributed by atoms with van der Waals surface area (Å²) < 4.78 is 11.1. The second-order valence-corrected chi connectivity index (χ2v) is 4.51. The molecule has 110 valence electrons. The molecule has 0 atom stereocenters. The van der Waals surface area contributed by atoms with E-state index in [0.29, 0.717) is 12.4 Å². The fourth-order valence-corrected chi connectivity index (χ4v) is 1.81. The van der Waals surface area contributed by atoms with Crippen molar-refractivity contribution >= 4 is 5.69 Å². The van der Waals surface area contributed by atoms with Crippen molar-refractivity contribution in [1.29, 1.82) is 0 Å². The molecule has 0 aliphatic rings. The minimum absolute atomic E-state index is 0.0604. The molecule has 0 spiro atoms. The van der Waals surface area contributed by atoms with Gasteiger partial charge in [0.1, 0.15) is 12.4 Å². The summed E-state index contributed by atoms with van der Waals surface area (Å²) in [5, 5.41) is 11.0. The van der Waals surface area contributed by atoms with E-state index in [2.05, 4.69) is 0 Å². The van der Waals surface area contributed by atoms with Crippen LogP contribution < -0.4 is 9.47 Å². The molecule has 2 rings (SSSR count). The van der Waals surface area contributed by atoms with Gasteiger partial charge < -0.3 is 9.47 Å². The molecule has 0 amide bonds. The van der Waals surface area contributed by atoms with Gasteiger partial charge in [-0.05, 0) is 18.1 Å². The molecule has 0 fully saturated rings. The van der Waals surface area contributed by atoms with Crippen LogP contribution in [0.25, 0.3) is 0 Å². The Morgan fingerprint density at radius 1 is 1.10 bits per heavy atom. The monoisotopic (exact) mass is 287 g/mol. The first kappa shape index (κ1) is 14.8. The number of hydrogen-bond acceptors (Lipinski definition) is 4. The molecule has 0 saturated carbocycles. The summed E-state index contributed by atoms with van der Waals surface area (Å²) in [5.41, 5.74) is 0.890. The van der Waals surface area contributed by atoms with Crippen LogP contribution in [-0.4, -0.2) is 11.5 Å². The highest BCUT2D eigenvalue weighted by Crippen LogP contribution is 2.31. The number of nitrogens with zero attached hydrogens (tertiary/aromatic N) is 1. The van der Waals surface area contributed by atoms with Crippen molar-refractivity contribution in [3.05, 3.63) is 64.2 Å². The van der Waals surface area contributed by atoms with Crippen LogP contribution in [-0.2, 0) is 6.61 Å². The smallest absolute Gasteiger partial charge is 0.311 e. The average molecular weight is 287 g/mol. The largest absolute Gasteiger partial charge is 0.493 e. The highest BCUT2D eigenvalue weighted by Gasteiger charge is 2.16. The normalized spacial score (nSPS) is 10.1. The zero-order chi connectivity index (χ0) is 15.1. The van der Waals surface area contributed by atoms with Crippen LogP contribution in [0.5, 0.6) is 11.5 Å². The quantitative estimate of drug-likeness (QED) is 0.571. The van der Waals surface area contributed by atoms with Gasteiger partial charge in [0.05, 0.1) is 11.5 Å². The third-order valence-electron chi connectivity index (χ3n) is 2.84. The summed E-state index contributed by atoms with van der Waals surface area (Å²) in [6, 6.07) is 14.1. The predicted octanol–water partition coefficient (Wildman–Crippen LogP) is 3.96. The van der Waals surface area contributed by atoms with E-state index in [4.69, 9.17) is 9.47 Å². The number of rotatable bonds is 7. The Morgan fingerprint density at radius 2 is 1.86 bits per heavy atom. The van der Waals surface area contributed by atoms with Crippen molar-refractivity contribution in [3.8, 4) is 11.5 Å². The van der Waals surface area contributed by atoms with Crippen molar-refractivity contribution in [2.24, 2.45) is 0 Å². The number of benzene rings is 2. The molecule has 2 aromatic rings. The number of nitro benzene ring substituents is 1. The molecule has 0 saturated heterocycles. The third-order valence-corrected chi connectivity index (χ3v) is 2.84. The Kier molecular flexibility index (Phi) is 5.15. The molecule has 0 aromatic heterocycles. The molecule has 0 heterocycles. The maximum Gasteiger partial charge on any atom is 0.311 e. The van der Waals surface area contributed by atoms with Gasteiger partial charge in [-0.25, -0.2) is 0 Å². The van der Waals surface area contributed by atoms with E-state index in [1.807, 2.05) is 37.3 Å². The maximum atomic E-state index is 11.0. The van der Waals surface area contributed by atoms with Gasteiger partial charge in [-0.3, -0.25) is 10.1 Å². The standard InChI is InChI=1S/C16H17NO4/c1-2-10-20-14-8-9-15(17(18)19)16(11-14)21-12-13-6-4-3-5-7-13/h3-9,11H,2,10,12H2,1H3. The third kappa shape index (κ3) is 4.21. The SMILES string of the molecule is CCCOc1ccc([N+](=O)[O-])c(OCc2ccccc2)c1. The zero-order valence-electron chi connectivity index (χ0n) is 11.8. The molecule has 0 N–H and O–H groups in total. The zero-order valence-corrected chi connectivity index (χ0v) is 11.8. The molecular formula is C16H17NO4. The molecule has 5 heteroatoms. The molecule has 2 aromatic carbocycles. The summed E-state index contributed by atoms with van der Waals surface area (Å²) in [6.45, 7) is 2.84. The summed E-state index contributed by atoms with van der Waals surface area (Å²) in [5.74, 6) is 0.794. The molecule has 0 aliphatic carbocycles. The lowest BCUT2D eigenvalue weighted by molar-refractivity contribution is -0.386. The van der Waals surface area contributed by atoms with Crippen molar-refractivity contribution in [2.45, 2.75) is 20.0 Å². The molecule has 5 nitrogen and oxygen atoms in total. The molecular weight excluding hydrogens is 270 g/mol. The first-order valence-corrected chi connectivity index (χ1v) is 6.78. The van der Waals surface area contributed by atoms with Crippen LogP contribution in [0.1, 0.15) is 18.9 Å². The van der Waals surface area contributed by atoms with Gasteiger partial charge >= 0.3 is 5.69 Å². The molecule has 0 unspecified atom stereocenters. The van der Waals surface area contributed by atoms with Gasteiger partial charge in [0.2, 0.25) is 5.75 Å². The molecule has 0 bridgehead atoms. The van der Waals surface area contributed by atoms with Crippen LogP contribution in [0, 0.1) is 10.1 Å². The Balaban J connectivity index is 2.16. The maximum absolute atomic E-state index is 11.0. The highest BCUT2D eigenvalue weighted by atomic mass is 16.6. The van der Waals surface area contributed by atoms with E-state index in [1.54, 1.807) is 12.1 Å². The Morgan fingerprint density at radius 3 is 2.52 bits per heavy atom. The van der Waals surface area contributed by atoms with E-state index in [0.717, 1.165) is 12.0 Å². The highest BCUT2D eigenvalue weighted by molar-refractivity contribution is 5.50. The molecule has 0 radical (unpaired) electrons. The van der Waals surface area contributed by atoms with Gasteiger partial charge in [0.25, 0.3) is 0 Å². The number of hydrogen-bond donors (Lipinski definition) is 0. The first-order valence-electron chi connectivity index (χ1n) is 6.78. The van der Waals surface area contributed by atoms with Gasteiger partial charge in [0.15, 0.2) is 0 Å². The van der Waals surface area contributed by atoms with E-state index in [9.17, 15) is 10.1 Å². The van der Waals surface area contributed by atoms with Crippen LogP contribution in [0.15, 0.2) is 48.5 Å². The second kappa shape index (κ2) is 7.28. The average Bonchev–Trinajstić information content (AvgIpc) is 2.51. The van der Waals surface area contributed by atoms with Crippen LogP contribution in [0.3, 0.4) is 0 Å². The summed E-state index contributed by atoms with van der Waals surface area (Å²) in [7, 11) is 0. The van der Waals surface area contributed by atoms with Crippen LogP contribution in [0.4, 0.5) is 5.69 Å². The van der Waals surface area contributed by atoms with E-state index in [1.165, 1.54) is 6.07 Å². The van der Waals surface area contributed by atoms with Crippen molar-refractivity contribution in [2.75, 3.05) is 6.61 Å². The Labute approximate surface area is 123 Å². The van der Waals surface area contributed by atoms with E-state index >= 15 is 0 Å². The Bertz CT molecular complexity index is 598. The van der Waals surface area contributed by atoms with Crippen molar-refractivity contribution < 1.29 is 14.4 Å². The molecule has 0 aliphatic heterocycles. The van der Waals surface area contributed by atoms with E-state index in [-0.39, 0.29) is 18.0 Å².